The molecular weight excluding hydrogens is 346 g/mol. The first-order valence-electron chi connectivity index (χ1n) is 8.63. The summed E-state index contributed by atoms with van der Waals surface area (Å²) < 4.78 is 7.14. The van der Waals surface area contributed by atoms with Gasteiger partial charge in [-0.2, -0.15) is 0 Å². The molecule has 1 atom stereocenters. The third-order valence-corrected chi connectivity index (χ3v) is 4.92. The number of carboxylic acid groups (broad SMARTS) is 1. The molecule has 138 valence electrons. The van der Waals surface area contributed by atoms with E-state index in [9.17, 15) is 14.7 Å². The predicted octanol–water partition coefficient (Wildman–Crippen LogP) is 2.50. The second-order valence-electron chi connectivity index (χ2n) is 6.67. The van der Waals surface area contributed by atoms with E-state index in [0.29, 0.717) is 12.3 Å². The number of aromatic nitrogens is 2. The molecule has 0 aliphatic carbocycles. The highest BCUT2D eigenvalue weighted by Gasteiger charge is 2.29. The molecule has 3 heterocycles. The fourth-order valence-electron chi connectivity index (χ4n) is 3.64. The van der Waals surface area contributed by atoms with Gasteiger partial charge in [0.2, 0.25) is 5.91 Å². The van der Waals surface area contributed by atoms with Crippen molar-refractivity contribution >= 4 is 17.5 Å². The van der Waals surface area contributed by atoms with Gasteiger partial charge in [-0.05, 0) is 42.3 Å². The van der Waals surface area contributed by atoms with Crippen molar-refractivity contribution in [2.45, 2.75) is 25.8 Å². The number of fused-ring (bicyclic) bond motifs is 3. The van der Waals surface area contributed by atoms with Gasteiger partial charge in [-0.1, -0.05) is 6.07 Å². The molecule has 2 N–H and O–H groups in total. The third kappa shape index (κ3) is 2.91. The van der Waals surface area contributed by atoms with E-state index in [1.165, 1.54) is 7.11 Å². The first-order valence-corrected chi connectivity index (χ1v) is 8.63. The van der Waals surface area contributed by atoms with Crippen molar-refractivity contribution in [2.75, 3.05) is 7.11 Å². The fraction of sp³-hybridized carbons (Fsp3) is 0.250. The fourth-order valence-corrected chi connectivity index (χ4v) is 3.64. The van der Waals surface area contributed by atoms with Crippen LogP contribution in [0.25, 0.3) is 5.65 Å². The number of ether oxygens (including phenoxy) is 1. The number of pyridine rings is 1. The molecule has 0 bridgehead atoms. The largest absolute Gasteiger partial charge is 0.496 e. The Morgan fingerprint density at radius 1 is 1.33 bits per heavy atom. The Hall–Kier alpha value is -3.35. The lowest BCUT2D eigenvalue weighted by Crippen LogP contribution is -2.21. The molecule has 4 rings (SSSR count). The summed E-state index contributed by atoms with van der Waals surface area (Å²) in [6.07, 6.45) is 2.17. The highest BCUT2D eigenvalue weighted by atomic mass is 16.5. The van der Waals surface area contributed by atoms with Gasteiger partial charge in [0.25, 0.3) is 0 Å². The highest BCUT2D eigenvalue weighted by Crippen LogP contribution is 2.35. The molecule has 7 heteroatoms. The van der Waals surface area contributed by atoms with Crippen LogP contribution < -0.4 is 10.1 Å². The summed E-state index contributed by atoms with van der Waals surface area (Å²) in [5.41, 5.74) is 4.43. The van der Waals surface area contributed by atoms with Gasteiger partial charge in [-0.15, -0.1) is 0 Å². The summed E-state index contributed by atoms with van der Waals surface area (Å²) in [6.45, 7) is 2.36. The van der Waals surface area contributed by atoms with Crippen molar-refractivity contribution in [3.63, 3.8) is 0 Å². The van der Waals surface area contributed by atoms with E-state index < -0.39 is 5.97 Å². The molecule has 0 saturated heterocycles. The lowest BCUT2D eigenvalue weighted by atomic mass is 9.90. The first-order chi connectivity index (χ1) is 13.0. The zero-order valence-corrected chi connectivity index (χ0v) is 15.0. The number of methoxy groups -OCH3 is 1. The van der Waals surface area contributed by atoms with Gasteiger partial charge in [0.15, 0.2) is 0 Å². The molecule has 0 radical (unpaired) electrons. The Morgan fingerprint density at radius 2 is 2.15 bits per heavy atom. The van der Waals surface area contributed by atoms with E-state index in [-0.39, 0.29) is 23.8 Å². The number of nitrogens with zero attached hydrogens (tertiary/aromatic N) is 2. The van der Waals surface area contributed by atoms with Crippen molar-refractivity contribution in [2.24, 2.45) is 0 Å². The van der Waals surface area contributed by atoms with Crippen LogP contribution >= 0.6 is 0 Å². The van der Waals surface area contributed by atoms with Crippen LogP contribution in [0.2, 0.25) is 0 Å². The number of aryl methyl sites for hydroxylation is 1. The van der Waals surface area contributed by atoms with Crippen LogP contribution in [0.15, 0.2) is 36.5 Å². The van der Waals surface area contributed by atoms with Gasteiger partial charge < -0.3 is 19.6 Å². The van der Waals surface area contributed by atoms with Gasteiger partial charge in [-0.3, -0.25) is 4.79 Å². The average Bonchev–Trinajstić information content (AvgIpc) is 2.92. The standard InChI is InChI=1S/C20H19N3O4/c1-11-5-6-23-17(7-11)22-15-10-21-18(24)9-13(19(15)23)12-3-4-16(27-2)14(8-12)20(25)26/h3-8,13H,9-10H2,1-2H3,(H,21,24)(H,25,26)/t13-/m0/s1. The zero-order valence-electron chi connectivity index (χ0n) is 15.0. The third-order valence-electron chi connectivity index (χ3n) is 4.92. The number of carboxylic acids is 1. The maximum Gasteiger partial charge on any atom is 0.339 e. The molecule has 7 nitrogen and oxygen atoms in total. The Morgan fingerprint density at radius 3 is 2.89 bits per heavy atom. The number of hydrogen-bond acceptors (Lipinski definition) is 4. The molecule has 0 fully saturated rings. The molecule has 27 heavy (non-hydrogen) atoms. The molecule has 2 aromatic heterocycles. The van der Waals surface area contributed by atoms with E-state index >= 15 is 0 Å². The SMILES string of the molecule is COc1ccc([C@@H]2CC(=O)NCc3nc4cc(C)ccn4c32)cc1C(=O)O. The number of carbonyl (C=O) groups excluding carboxylic acids is 1. The van der Waals surface area contributed by atoms with Gasteiger partial charge in [0.1, 0.15) is 17.0 Å². The smallest absolute Gasteiger partial charge is 0.339 e. The Bertz CT molecular complexity index is 1070. The summed E-state index contributed by atoms with van der Waals surface area (Å²) in [5.74, 6) is -1.17. The Balaban J connectivity index is 1.92. The minimum Gasteiger partial charge on any atom is -0.496 e. The van der Waals surface area contributed by atoms with Crippen molar-refractivity contribution < 1.29 is 19.4 Å². The molecule has 1 aliphatic heterocycles. The maximum atomic E-state index is 12.3. The number of amides is 1. The molecule has 0 unspecified atom stereocenters. The van der Waals surface area contributed by atoms with Crippen LogP contribution in [0.5, 0.6) is 5.75 Å². The molecule has 0 saturated carbocycles. The van der Waals surface area contributed by atoms with Crippen LogP contribution in [0.3, 0.4) is 0 Å². The van der Waals surface area contributed by atoms with Gasteiger partial charge in [-0.25, -0.2) is 9.78 Å². The topological polar surface area (TPSA) is 92.9 Å². The van der Waals surface area contributed by atoms with Crippen LogP contribution in [0.1, 0.15) is 45.2 Å². The molecule has 3 aromatic rings. The van der Waals surface area contributed by atoms with Crippen LogP contribution in [-0.2, 0) is 11.3 Å². The van der Waals surface area contributed by atoms with Crippen molar-refractivity contribution in [1.29, 1.82) is 0 Å². The predicted molar refractivity (Wildman–Crippen MR) is 98.2 cm³/mol. The van der Waals surface area contributed by atoms with E-state index in [2.05, 4.69) is 10.3 Å². The molecular formula is C20H19N3O4. The van der Waals surface area contributed by atoms with Crippen molar-refractivity contribution in [1.82, 2.24) is 14.7 Å². The van der Waals surface area contributed by atoms with Gasteiger partial charge >= 0.3 is 5.97 Å². The summed E-state index contributed by atoms with van der Waals surface area (Å²) in [4.78, 5) is 28.6. The quantitative estimate of drug-likeness (QED) is 0.744. The monoisotopic (exact) mass is 365 g/mol. The number of hydrogen-bond donors (Lipinski definition) is 2. The summed E-state index contributed by atoms with van der Waals surface area (Å²) in [5, 5.41) is 12.4. The first kappa shape index (κ1) is 17.1. The maximum absolute atomic E-state index is 12.3. The lowest BCUT2D eigenvalue weighted by molar-refractivity contribution is -0.121. The average molecular weight is 365 g/mol. The van der Waals surface area contributed by atoms with Gasteiger partial charge in [0.05, 0.1) is 25.0 Å². The summed E-state index contributed by atoms with van der Waals surface area (Å²) in [7, 11) is 1.44. The lowest BCUT2D eigenvalue weighted by Gasteiger charge is -2.17. The van der Waals surface area contributed by atoms with Crippen LogP contribution in [0, 0.1) is 6.92 Å². The highest BCUT2D eigenvalue weighted by molar-refractivity contribution is 5.91. The molecule has 0 spiro atoms. The summed E-state index contributed by atoms with van der Waals surface area (Å²) >= 11 is 0. The number of aromatic carboxylic acids is 1. The Labute approximate surface area is 155 Å². The van der Waals surface area contributed by atoms with Crippen LogP contribution in [0.4, 0.5) is 0 Å². The van der Waals surface area contributed by atoms with Crippen LogP contribution in [-0.4, -0.2) is 33.5 Å². The number of imidazole rings is 1. The molecule has 1 aliphatic rings. The van der Waals surface area contributed by atoms with Gasteiger partial charge in [0, 0.05) is 18.5 Å². The number of benzene rings is 1. The van der Waals surface area contributed by atoms with E-state index in [1.54, 1.807) is 12.1 Å². The van der Waals surface area contributed by atoms with E-state index in [4.69, 9.17) is 4.74 Å². The molecule has 1 aromatic carbocycles. The second-order valence-corrected chi connectivity index (χ2v) is 6.67. The van der Waals surface area contributed by atoms with Crippen molar-refractivity contribution in [3.05, 3.63) is 64.6 Å². The minimum absolute atomic E-state index is 0.0749. The number of carbonyl (C=O) groups is 2. The Kier molecular flexibility index (Phi) is 4.07. The summed E-state index contributed by atoms with van der Waals surface area (Å²) in [6, 6.07) is 9.01. The molecule has 1 amide bonds. The van der Waals surface area contributed by atoms with Crippen molar-refractivity contribution in [3.8, 4) is 5.75 Å². The minimum atomic E-state index is -1.07. The number of rotatable bonds is 3. The second kappa shape index (κ2) is 6.42. The van der Waals surface area contributed by atoms with E-state index in [0.717, 1.165) is 28.2 Å². The zero-order chi connectivity index (χ0) is 19.1. The normalized spacial score (nSPS) is 16.5. The number of nitrogens with one attached hydrogen (secondary N) is 1. The van der Waals surface area contributed by atoms with E-state index in [1.807, 2.05) is 35.7 Å².